The summed E-state index contributed by atoms with van der Waals surface area (Å²) in [5.74, 6) is 0.839. The molecule has 2 aromatic heterocycles. The van der Waals surface area contributed by atoms with Gasteiger partial charge in [-0.25, -0.2) is 9.67 Å². The van der Waals surface area contributed by atoms with E-state index in [-0.39, 0.29) is 11.9 Å². The lowest BCUT2D eigenvalue weighted by molar-refractivity contribution is 0.0922. The Morgan fingerprint density at radius 2 is 1.81 bits per heavy atom. The lowest BCUT2D eigenvalue weighted by Crippen LogP contribution is -2.51. The summed E-state index contributed by atoms with van der Waals surface area (Å²) in [4.78, 5) is 21.9. The minimum Gasteiger partial charge on any atom is -0.354 e. The van der Waals surface area contributed by atoms with Gasteiger partial charge in [-0.1, -0.05) is 29.0 Å². The average molecular weight is 420 g/mol. The molecular formula is C23H29N7O. The van der Waals surface area contributed by atoms with Gasteiger partial charge in [-0.15, -0.1) is 5.10 Å². The Kier molecular flexibility index (Phi) is 6.27. The number of nitrogens with one attached hydrogen (secondary N) is 1. The predicted octanol–water partition coefficient (Wildman–Crippen LogP) is 2.22. The third kappa shape index (κ3) is 4.91. The number of amides is 1. The number of hydrogen-bond donors (Lipinski definition) is 1. The van der Waals surface area contributed by atoms with Crippen molar-refractivity contribution in [1.29, 1.82) is 0 Å². The molecule has 0 bridgehead atoms. The molecule has 1 fully saturated rings. The van der Waals surface area contributed by atoms with Crippen LogP contribution in [-0.2, 0) is 0 Å². The molecular weight excluding hydrogens is 390 g/mol. The number of rotatable bonds is 6. The van der Waals surface area contributed by atoms with E-state index < -0.39 is 0 Å². The van der Waals surface area contributed by atoms with Crippen molar-refractivity contribution in [2.45, 2.75) is 26.8 Å². The smallest absolute Gasteiger partial charge is 0.274 e. The van der Waals surface area contributed by atoms with Gasteiger partial charge in [-0.05, 0) is 45.0 Å². The van der Waals surface area contributed by atoms with Crippen LogP contribution >= 0.6 is 0 Å². The summed E-state index contributed by atoms with van der Waals surface area (Å²) in [6.07, 6.45) is 1.83. The summed E-state index contributed by atoms with van der Waals surface area (Å²) < 4.78 is 1.70. The molecule has 3 aromatic rings. The fraction of sp³-hybridized carbons (Fsp3) is 0.391. The second-order valence-corrected chi connectivity index (χ2v) is 8.12. The zero-order valence-electron chi connectivity index (χ0n) is 18.3. The number of carbonyl (C=O) groups is 1. The molecule has 1 aromatic carbocycles. The highest BCUT2D eigenvalue weighted by Gasteiger charge is 2.22. The Bertz CT molecular complexity index is 1010. The normalized spacial score (nSPS) is 15.6. The number of anilines is 1. The number of benzene rings is 1. The van der Waals surface area contributed by atoms with E-state index in [1.807, 2.05) is 69.4 Å². The lowest BCUT2D eigenvalue weighted by Gasteiger charge is -2.36. The van der Waals surface area contributed by atoms with Gasteiger partial charge in [-0.2, -0.15) is 0 Å². The van der Waals surface area contributed by atoms with Gasteiger partial charge in [0.1, 0.15) is 5.82 Å². The molecule has 0 spiro atoms. The fourth-order valence-corrected chi connectivity index (χ4v) is 3.90. The van der Waals surface area contributed by atoms with Crippen LogP contribution in [0.15, 0.2) is 48.7 Å². The minimum absolute atomic E-state index is 0.0119. The van der Waals surface area contributed by atoms with E-state index in [9.17, 15) is 4.79 Å². The van der Waals surface area contributed by atoms with Gasteiger partial charge in [0.25, 0.3) is 5.91 Å². The van der Waals surface area contributed by atoms with Gasteiger partial charge in [0.2, 0.25) is 0 Å². The Morgan fingerprint density at radius 1 is 1.06 bits per heavy atom. The van der Waals surface area contributed by atoms with Crippen LogP contribution in [0.4, 0.5) is 5.82 Å². The highest BCUT2D eigenvalue weighted by atomic mass is 16.2. The molecule has 1 saturated heterocycles. The van der Waals surface area contributed by atoms with Crippen molar-refractivity contribution in [2.24, 2.45) is 0 Å². The molecule has 0 aliphatic carbocycles. The topological polar surface area (TPSA) is 79.2 Å². The Labute approximate surface area is 182 Å². The van der Waals surface area contributed by atoms with Crippen LogP contribution in [0.1, 0.15) is 28.7 Å². The van der Waals surface area contributed by atoms with Crippen molar-refractivity contribution in [1.82, 2.24) is 30.2 Å². The number of carbonyl (C=O) groups excluding carboxylic acids is 1. The van der Waals surface area contributed by atoms with E-state index >= 15 is 0 Å². The van der Waals surface area contributed by atoms with Crippen LogP contribution in [0, 0.1) is 13.8 Å². The number of hydrogen-bond acceptors (Lipinski definition) is 6. The maximum absolute atomic E-state index is 12.8. The van der Waals surface area contributed by atoms with E-state index in [1.165, 1.54) is 5.56 Å². The highest BCUT2D eigenvalue weighted by Crippen LogP contribution is 2.14. The van der Waals surface area contributed by atoms with Crippen LogP contribution in [-0.4, -0.2) is 69.6 Å². The minimum atomic E-state index is -0.185. The van der Waals surface area contributed by atoms with E-state index in [1.54, 1.807) is 4.68 Å². The van der Waals surface area contributed by atoms with Crippen LogP contribution < -0.4 is 10.2 Å². The molecule has 8 heteroatoms. The molecule has 31 heavy (non-hydrogen) atoms. The maximum atomic E-state index is 12.8. The SMILES string of the molecule is Cc1ccc(-n2nnc(C(=O)NC(C)CN3CCN(c4ccccn4)CC3)c2C)cc1. The van der Waals surface area contributed by atoms with E-state index in [0.717, 1.165) is 49.9 Å². The number of piperazine rings is 1. The molecule has 162 valence electrons. The number of aryl methyl sites for hydroxylation is 1. The van der Waals surface area contributed by atoms with Gasteiger partial charge >= 0.3 is 0 Å². The van der Waals surface area contributed by atoms with Crippen molar-refractivity contribution in [3.63, 3.8) is 0 Å². The third-order valence-corrected chi connectivity index (χ3v) is 5.64. The van der Waals surface area contributed by atoms with Crippen LogP contribution in [0.2, 0.25) is 0 Å². The first kappa shape index (κ1) is 21.0. The van der Waals surface area contributed by atoms with Gasteiger partial charge in [-0.3, -0.25) is 9.69 Å². The zero-order chi connectivity index (χ0) is 21.8. The zero-order valence-corrected chi connectivity index (χ0v) is 18.3. The summed E-state index contributed by atoms with van der Waals surface area (Å²) in [5.41, 5.74) is 3.17. The molecule has 1 N–H and O–H groups in total. The highest BCUT2D eigenvalue weighted by molar-refractivity contribution is 5.93. The summed E-state index contributed by atoms with van der Waals surface area (Å²) in [6, 6.07) is 14.0. The fourth-order valence-electron chi connectivity index (χ4n) is 3.90. The van der Waals surface area contributed by atoms with Crippen LogP contribution in [0.3, 0.4) is 0 Å². The summed E-state index contributed by atoms with van der Waals surface area (Å²) in [5, 5.41) is 11.4. The number of pyridine rings is 1. The number of nitrogens with zero attached hydrogens (tertiary/aromatic N) is 6. The van der Waals surface area contributed by atoms with E-state index in [2.05, 4.69) is 30.4 Å². The monoisotopic (exact) mass is 419 g/mol. The quantitative estimate of drug-likeness (QED) is 0.660. The molecule has 1 unspecified atom stereocenters. The van der Waals surface area contributed by atoms with Crippen LogP contribution in [0.5, 0.6) is 0 Å². The maximum Gasteiger partial charge on any atom is 0.274 e. The second kappa shape index (κ2) is 9.26. The molecule has 1 aliphatic heterocycles. The molecule has 1 amide bonds. The van der Waals surface area contributed by atoms with Crippen molar-refractivity contribution in [3.05, 3.63) is 65.6 Å². The van der Waals surface area contributed by atoms with Gasteiger partial charge in [0.15, 0.2) is 5.69 Å². The second-order valence-electron chi connectivity index (χ2n) is 8.12. The molecule has 4 rings (SSSR count). The first-order valence-corrected chi connectivity index (χ1v) is 10.7. The van der Waals surface area contributed by atoms with E-state index in [4.69, 9.17) is 0 Å². The largest absolute Gasteiger partial charge is 0.354 e. The molecule has 3 heterocycles. The Morgan fingerprint density at radius 3 is 2.48 bits per heavy atom. The first-order chi connectivity index (χ1) is 15.0. The predicted molar refractivity (Wildman–Crippen MR) is 121 cm³/mol. The average Bonchev–Trinajstić information content (AvgIpc) is 3.17. The molecule has 0 radical (unpaired) electrons. The van der Waals surface area contributed by atoms with E-state index in [0.29, 0.717) is 5.69 Å². The van der Waals surface area contributed by atoms with Gasteiger partial charge in [0.05, 0.1) is 11.4 Å². The van der Waals surface area contributed by atoms with Gasteiger partial charge in [0, 0.05) is 45.0 Å². The first-order valence-electron chi connectivity index (χ1n) is 10.7. The van der Waals surface area contributed by atoms with Crippen LogP contribution in [0.25, 0.3) is 5.69 Å². The van der Waals surface area contributed by atoms with Crippen molar-refractivity contribution in [3.8, 4) is 5.69 Å². The van der Waals surface area contributed by atoms with Crippen molar-refractivity contribution < 1.29 is 4.79 Å². The third-order valence-electron chi connectivity index (χ3n) is 5.64. The number of aromatic nitrogens is 4. The molecule has 8 nitrogen and oxygen atoms in total. The lowest BCUT2D eigenvalue weighted by atomic mass is 10.2. The molecule has 1 aliphatic rings. The van der Waals surface area contributed by atoms with Gasteiger partial charge < -0.3 is 10.2 Å². The Hall–Kier alpha value is -3.26. The summed E-state index contributed by atoms with van der Waals surface area (Å²) >= 11 is 0. The molecule has 1 atom stereocenters. The van der Waals surface area contributed by atoms with Crippen molar-refractivity contribution in [2.75, 3.05) is 37.6 Å². The van der Waals surface area contributed by atoms with Crippen molar-refractivity contribution >= 4 is 11.7 Å². The summed E-state index contributed by atoms with van der Waals surface area (Å²) in [6.45, 7) is 10.5. The molecule has 0 saturated carbocycles. The summed E-state index contributed by atoms with van der Waals surface area (Å²) in [7, 11) is 0. The standard InChI is InChI=1S/C23H29N7O/c1-17-7-9-20(10-8-17)30-19(3)22(26-27-30)23(31)25-18(2)16-28-12-14-29(15-13-28)21-6-4-5-11-24-21/h4-11,18H,12-16H2,1-3H3,(H,25,31). The Balaban J connectivity index is 1.31.